The van der Waals surface area contributed by atoms with Crippen LogP contribution in [0.2, 0.25) is 0 Å². The van der Waals surface area contributed by atoms with E-state index in [1.165, 1.54) is 5.57 Å². The van der Waals surface area contributed by atoms with Gasteiger partial charge in [0.25, 0.3) is 0 Å². The van der Waals surface area contributed by atoms with Crippen LogP contribution >= 0.6 is 11.8 Å². The van der Waals surface area contributed by atoms with Crippen molar-refractivity contribution in [2.24, 2.45) is 0 Å². The Labute approximate surface area is 107 Å². The number of hydrogen-bond acceptors (Lipinski definition) is 5. The van der Waals surface area contributed by atoms with E-state index in [4.69, 9.17) is 0 Å². The molecule has 5 nitrogen and oxygen atoms in total. The van der Waals surface area contributed by atoms with Crippen molar-refractivity contribution in [1.29, 1.82) is 0 Å². The van der Waals surface area contributed by atoms with Gasteiger partial charge in [-0.3, -0.25) is 0 Å². The van der Waals surface area contributed by atoms with E-state index in [9.17, 15) is 0 Å². The molecule has 0 aromatic carbocycles. The third-order valence-corrected chi connectivity index (χ3v) is 3.01. The zero-order valence-electron chi connectivity index (χ0n) is 10.8. The fraction of sp³-hybridized carbons (Fsp3) is 0.727. The molecule has 0 amide bonds. The third kappa shape index (κ3) is 5.83. The number of nitrogens with one attached hydrogen (secondary N) is 1. The smallest absolute Gasteiger partial charge is 0.209 e. The summed E-state index contributed by atoms with van der Waals surface area (Å²) < 4.78 is 1.85. The van der Waals surface area contributed by atoms with Gasteiger partial charge < -0.3 is 5.32 Å². The van der Waals surface area contributed by atoms with Gasteiger partial charge in [0.1, 0.15) is 0 Å². The van der Waals surface area contributed by atoms with Gasteiger partial charge in [-0.2, -0.15) is 0 Å². The second kappa shape index (κ2) is 8.25. The molecule has 1 aromatic heterocycles. The van der Waals surface area contributed by atoms with E-state index in [0.29, 0.717) is 0 Å². The van der Waals surface area contributed by atoms with E-state index in [1.807, 2.05) is 4.68 Å². The van der Waals surface area contributed by atoms with Crippen molar-refractivity contribution in [3.8, 4) is 0 Å². The standard InChI is InChI=1S/C11H21N5S/c1-4-6-12-7-8-16-11(13-14-15-16)17-9-5-10(2)3/h5,12H,4,6-9H2,1-3H3. The van der Waals surface area contributed by atoms with E-state index < -0.39 is 0 Å². The summed E-state index contributed by atoms with van der Waals surface area (Å²) in [5.74, 6) is 0.922. The molecule has 0 unspecified atom stereocenters. The highest BCUT2D eigenvalue weighted by Gasteiger charge is 2.04. The van der Waals surface area contributed by atoms with Gasteiger partial charge in [0.15, 0.2) is 0 Å². The minimum atomic E-state index is 0.824. The summed E-state index contributed by atoms with van der Waals surface area (Å²) in [6.45, 7) is 9.13. The van der Waals surface area contributed by atoms with Crippen molar-refractivity contribution in [2.75, 3.05) is 18.8 Å². The van der Waals surface area contributed by atoms with Gasteiger partial charge in [-0.15, -0.1) is 5.10 Å². The largest absolute Gasteiger partial charge is 0.315 e. The Balaban J connectivity index is 2.35. The molecule has 1 aromatic rings. The maximum absolute atomic E-state index is 4.02. The highest BCUT2D eigenvalue weighted by atomic mass is 32.2. The van der Waals surface area contributed by atoms with Crippen LogP contribution in [0, 0.1) is 0 Å². The Morgan fingerprint density at radius 2 is 2.24 bits per heavy atom. The summed E-state index contributed by atoms with van der Waals surface area (Å²) >= 11 is 1.67. The van der Waals surface area contributed by atoms with Gasteiger partial charge in [-0.25, -0.2) is 4.68 Å². The van der Waals surface area contributed by atoms with Crippen LogP contribution in [0.4, 0.5) is 0 Å². The molecule has 96 valence electrons. The number of allylic oxidation sites excluding steroid dienone is 1. The number of tetrazole rings is 1. The molecule has 0 aliphatic rings. The van der Waals surface area contributed by atoms with Gasteiger partial charge in [0, 0.05) is 12.3 Å². The number of nitrogens with zero attached hydrogens (tertiary/aromatic N) is 4. The highest BCUT2D eigenvalue weighted by molar-refractivity contribution is 7.99. The average molecular weight is 255 g/mol. The first-order valence-electron chi connectivity index (χ1n) is 5.97. The van der Waals surface area contributed by atoms with E-state index in [0.717, 1.165) is 37.0 Å². The number of rotatable bonds is 8. The zero-order valence-corrected chi connectivity index (χ0v) is 11.6. The molecule has 0 aliphatic heterocycles. The van der Waals surface area contributed by atoms with Crippen LogP contribution in [0.3, 0.4) is 0 Å². The molecule has 0 saturated heterocycles. The number of hydrogen-bond donors (Lipinski definition) is 1. The van der Waals surface area contributed by atoms with E-state index >= 15 is 0 Å². The van der Waals surface area contributed by atoms with E-state index in [-0.39, 0.29) is 0 Å². The summed E-state index contributed by atoms with van der Waals surface area (Å²) in [6.07, 6.45) is 3.33. The minimum Gasteiger partial charge on any atom is -0.315 e. The van der Waals surface area contributed by atoms with Crippen LogP contribution in [0.5, 0.6) is 0 Å². The number of thioether (sulfide) groups is 1. The van der Waals surface area contributed by atoms with Crippen LogP contribution in [-0.4, -0.2) is 39.0 Å². The molecule has 0 radical (unpaired) electrons. The van der Waals surface area contributed by atoms with Crippen LogP contribution in [0.15, 0.2) is 16.8 Å². The second-order valence-electron chi connectivity index (χ2n) is 4.03. The lowest BCUT2D eigenvalue weighted by atomic mass is 10.3. The van der Waals surface area contributed by atoms with Crippen LogP contribution in [0.1, 0.15) is 27.2 Å². The molecule has 0 aliphatic carbocycles. The second-order valence-corrected chi connectivity index (χ2v) is 5.01. The molecule has 6 heteroatoms. The van der Waals surface area contributed by atoms with Gasteiger partial charge in [-0.05, 0) is 37.2 Å². The molecule has 1 heterocycles. The zero-order chi connectivity index (χ0) is 12.5. The fourth-order valence-corrected chi connectivity index (χ4v) is 2.15. The highest BCUT2D eigenvalue weighted by Crippen LogP contribution is 2.13. The first-order valence-corrected chi connectivity index (χ1v) is 6.95. The molecule has 17 heavy (non-hydrogen) atoms. The molecule has 0 fully saturated rings. The van der Waals surface area contributed by atoms with Gasteiger partial charge >= 0.3 is 0 Å². The Morgan fingerprint density at radius 1 is 1.41 bits per heavy atom. The van der Waals surface area contributed by atoms with Gasteiger partial charge in [0.2, 0.25) is 5.16 Å². The van der Waals surface area contributed by atoms with Crippen molar-refractivity contribution in [1.82, 2.24) is 25.5 Å². The lowest BCUT2D eigenvalue weighted by Gasteiger charge is -2.04. The normalized spacial score (nSPS) is 10.5. The van der Waals surface area contributed by atoms with Crippen LogP contribution in [0.25, 0.3) is 0 Å². The molecule has 1 rings (SSSR count). The summed E-state index contributed by atoms with van der Waals surface area (Å²) in [6, 6.07) is 0. The predicted molar refractivity (Wildman–Crippen MR) is 71.1 cm³/mol. The quantitative estimate of drug-likeness (QED) is 0.435. The van der Waals surface area contributed by atoms with Crippen molar-refractivity contribution >= 4 is 11.8 Å². The molecule has 0 spiro atoms. The summed E-state index contributed by atoms with van der Waals surface area (Å²) in [5.41, 5.74) is 1.32. The van der Waals surface area contributed by atoms with Gasteiger partial charge in [-0.1, -0.05) is 30.3 Å². The third-order valence-electron chi connectivity index (χ3n) is 2.13. The molecule has 0 saturated carbocycles. The Hall–Kier alpha value is -0.880. The molecule has 0 bridgehead atoms. The Kier molecular flexibility index (Phi) is 6.88. The van der Waals surface area contributed by atoms with E-state index in [2.05, 4.69) is 47.7 Å². The Morgan fingerprint density at radius 3 is 2.94 bits per heavy atom. The fourth-order valence-electron chi connectivity index (χ4n) is 1.21. The predicted octanol–water partition coefficient (Wildman–Crippen LogP) is 1.73. The summed E-state index contributed by atoms with van der Waals surface area (Å²) in [7, 11) is 0. The first kappa shape index (κ1) is 14.2. The number of aromatic nitrogens is 4. The lowest BCUT2D eigenvalue weighted by molar-refractivity contribution is 0.511. The maximum Gasteiger partial charge on any atom is 0.209 e. The van der Waals surface area contributed by atoms with Crippen molar-refractivity contribution in [2.45, 2.75) is 38.9 Å². The van der Waals surface area contributed by atoms with Crippen molar-refractivity contribution in [3.63, 3.8) is 0 Å². The SMILES string of the molecule is CCCNCCn1nnnc1SCC=C(C)C. The van der Waals surface area contributed by atoms with Gasteiger partial charge in [0.05, 0.1) is 6.54 Å². The van der Waals surface area contributed by atoms with E-state index in [1.54, 1.807) is 11.8 Å². The minimum absolute atomic E-state index is 0.824. The monoisotopic (exact) mass is 255 g/mol. The van der Waals surface area contributed by atoms with Crippen molar-refractivity contribution in [3.05, 3.63) is 11.6 Å². The lowest BCUT2D eigenvalue weighted by Crippen LogP contribution is -2.21. The summed E-state index contributed by atoms with van der Waals surface area (Å²) in [5, 5.41) is 15.9. The topological polar surface area (TPSA) is 55.6 Å². The maximum atomic E-state index is 4.02. The molecular formula is C11H21N5S. The van der Waals surface area contributed by atoms with Crippen LogP contribution in [-0.2, 0) is 6.54 Å². The van der Waals surface area contributed by atoms with Crippen LogP contribution < -0.4 is 5.32 Å². The average Bonchev–Trinajstić information content (AvgIpc) is 2.72. The first-order chi connectivity index (χ1) is 8.24. The van der Waals surface area contributed by atoms with Crippen molar-refractivity contribution < 1.29 is 0 Å². The Bertz CT molecular complexity index is 343. The molecule has 0 atom stereocenters. The summed E-state index contributed by atoms with van der Waals surface area (Å²) in [4.78, 5) is 0. The molecular weight excluding hydrogens is 234 g/mol. The molecule has 1 N–H and O–H groups in total.